The molecule has 0 atom stereocenters. The second-order valence-electron chi connectivity index (χ2n) is 4.16. The van der Waals surface area contributed by atoms with E-state index in [1.165, 1.54) is 14.2 Å². The number of benzene rings is 1. The lowest BCUT2D eigenvalue weighted by Crippen LogP contribution is -2.32. The number of sulfonamides is 1. The van der Waals surface area contributed by atoms with E-state index in [1.807, 2.05) is 19.9 Å². The number of likely N-dealkylation sites (N-methyl/N-ethyl adjacent to an activating group) is 1. The molecule has 0 unspecified atom stereocenters. The van der Waals surface area contributed by atoms with Crippen LogP contribution in [-0.4, -0.2) is 39.4 Å². The maximum atomic E-state index is 12.2. The van der Waals surface area contributed by atoms with Gasteiger partial charge in [0.25, 0.3) is 0 Å². The fourth-order valence-corrected chi connectivity index (χ4v) is 2.90. The average molecular weight is 271 g/mol. The van der Waals surface area contributed by atoms with E-state index in [1.54, 1.807) is 12.1 Å². The minimum atomic E-state index is -3.66. The van der Waals surface area contributed by atoms with Crippen LogP contribution in [0.3, 0.4) is 0 Å². The van der Waals surface area contributed by atoms with Crippen LogP contribution in [0.4, 0.5) is 0 Å². The van der Waals surface area contributed by atoms with Crippen molar-refractivity contribution in [3.05, 3.63) is 29.3 Å². The SMILES string of the molecule is COC(=O)CN(C)S(=O)(=O)c1cc(C)cc(C)c1. The van der Waals surface area contributed by atoms with Crippen molar-refractivity contribution in [1.29, 1.82) is 0 Å². The van der Waals surface area contributed by atoms with Crippen LogP contribution in [0.15, 0.2) is 23.1 Å². The van der Waals surface area contributed by atoms with E-state index >= 15 is 0 Å². The first-order valence-electron chi connectivity index (χ1n) is 5.39. The molecule has 6 heteroatoms. The third kappa shape index (κ3) is 3.30. The van der Waals surface area contributed by atoms with Crippen molar-refractivity contribution >= 4 is 16.0 Å². The van der Waals surface area contributed by atoms with Gasteiger partial charge in [-0.1, -0.05) is 6.07 Å². The van der Waals surface area contributed by atoms with Gasteiger partial charge in [-0.15, -0.1) is 0 Å². The van der Waals surface area contributed by atoms with Gasteiger partial charge < -0.3 is 4.74 Å². The first-order chi connectivity index (χ1) is 8.27. The van der Waals surface area contributed by atoms with Crippen LogP contribution in [0.2, 0.25) is 0 Å². The molecule has 0 aliphatic heterocycles. The largest absolute Gasteiger partial charge is 0.468 e. The predicted octanol–water partition coefficient (Wildman–Crippen LogP) is 1.10. The molecule has 100 valence electrons. The quantitative estimate of drug-likeness (QED) is 0.769. The Balaban J connectivity index is 3.09. The molecule has 0 heterocycles. The summed E-state index contributed by atoms with van der Waals surface area (Å²) in [6, 6.07) is 5.05. The Morgan fingerprint density at radius 1 is 1.22 bits per heavy atom. The molecule has 0 aliphatic rings. The normalized spacial score (nSPS) is 11.6. The maximum absolute atomic E-state index is 12.2. The summed E-state index contributed by atoms with van der Waals surface area (Å²) in [5.41, 5.74) is 1.72. The third-order valence-corrected chi connectivity index (χ3v) is 4.26. The monoisotopic (exact) mass is 271 g/mol. The number of ether oxygens (including phenoxy) is 1. The first kappa shape index (κ1) is 14.7. The lowest BCUT2D eigenvalue weighted by Gasteiger charge is -2.16. The fourth-order valence-electron chi connectivity index (χ4n) is 1.59. The number of aryl methyl sites for hydroxylation is 2. The Morgan fingerprint density at radius 2 is 1.72 bits per heavy atom. The van der Waals surface area contributed by atoms with Gasteiger partial charge >= 0.3 is 5.97 Å². The molecule has 1 aromatic carbocycles. The van der Waals surface area contributed by atoms with Crippen LogP contribution < -0.4 is 0 Å². The first-order valence-corrected chi connectivity index (χ1v) is 6.83. The van der Waals surface area contributed by atoms with Crippen LogP contribution in [0, 0.1) is 13.8 Å². The number of rotatable bonds is 4. The van der Waals surface area contributed by atoms with Crippen molar-refractivity contribution in [2.75, 3.05) is 20.7 Å². The lowest BCUT2D eigenvalue weighted by molar-refractivity contribution is -0.140. The maximum Gasteiger partial charge on any atom is 0.321 e. The Bertz CT molecular complexity index is 531. The van der Waals surface area contributed by atoms with Gasteiger partial charge in [-0.3, -0.25) is 4.79 Å². The van der Waals surface area contributed by atoms with Gasteiger partial charge in [0.05, 0.1) is 12.0 Å². The molecule has 5 nitrogen and oxygen atoms in total. The predicted molar refractivity (Wildman–Crippen MR) is 67.7 cm³/mol. The highest BCUT2D eigenvalue weighted by Crippen LogP contribution is 2.17. The number of carbonyl (C=O) groups excluding carboxylic acids is 1. The van der Waals surface area contributed by atoms with Gasteiger partial charge in [0, 0.05) is 7.05 Å². The summed E-state index contributed by atoms with van der Waals surface area (Å²) in [7, 11) is -1.08. The van der Waals surface area contributed by atoms with Gasteiger partial charge in [-0.2, -0.15) is 4.31 Å². The van der Waals surface area contributed by atoms with E-state index in [0.717, 1.165) is 15.4 Å². The van der Waals surface area contributed by atoms with Crippen molar-refractivity contribution in [3.63, 3.8) is 0 Å². The number of carbonyl (C=O) groups is 1. The Hall–Kier alpha value is -1.40. The number of hydrogen-bond acceptors (Lipinski definition) is 4. The lowest BCUT2D eigenvalue weighted by atomic mass is 10.2. The summed E-state index contributed by atoms with van der Waals surface area (Å²) in [4.78, 5) is 11.3. The average Bonchev–Trinajstić information content (AvgIpc) is 2.27. The highest BCUT2D eigenvalue weighted by atomic mass is 32.2. The number of methoxy groups -OCH3 is 1. The van der Waals surface area contributed by atoms with Gasteiger partial charge in [0.15, 0.2) is 0 Å². The molecule has 0 aliphatic carbocycles. The number of hydrogen-bond donors (Lipinski definition) is 0. The van der Waals surface area contributed by atoms with E-state index in [0.29, 0.717) is 0 Å². The van der Waals surface area contributed by atoms with Crippen molar-refractivity contribution in [2.45, 2.75) is 18.7 Å². The van der Waals surface area contributed by atoms with Gasteiger partial charge in [0.2, 0.25) is 10.0 Å². The molecular weight excluding hydrogens is 254 g/mol. The minimum absolute atomic E-state index is 0.186. The molecule has 0 aromatic heterocycles. The van der Waals surface area contributed by atoms with Crippen LogP contribution in [0.5, 0.6) is 0 Å². The second-order valence-corrected chi connectivity index (χ2v) is 6.21. The Morgan fingerprint density at radius 3 is 2.17 bits per heavy atom. The van der Waals surface area contributed by atoms with Gasteiger partial charge in [0.1, 0.15) is 6.54 Å². The van der Waals surface area contributed by atoms with Crippen molar-refractivity contribution in [2.24, 2.45) is 0 Å². The van der Waals surface area contributed by atoms with E-state index in [-0.39, 0.29) is 11.4 Å². The fraction of sp³-hybridized carbons (Fsp3) is 0.417. The molecule has 18 heavy (non-hydrogen) atoms. The molecule has 1 aromatic rings. The molecule has 0 bridgehead atoms. The standard InChI is InChI=1S/C12H17NO4S/c1-9-5-10(2)7-11(6-9)18(15,16)13(3)8-12(14)17-4/h5-7H,8H2,1-4H3. The summed E-state index contributed by atoms with van der Waals surface area (Å²) in [5, 5.41) is 0. The molecule has 0 saturated heterocycles. The summed E-state index contributed by atoms with van der Waals surface area (Å²) < 4.78 is 29.8. The topological polar surface area (TPSA) is 63.7 Å². The van der Waals surface area contributed by atoms with E-state index in [4.69, 9.17) is 0 Å². The van der Waals surface area contributed by atoms with Gasteiger partial charge in [-0.25, -0.2) is 8.42 Å². The second kappa shape index (κ2) is 5.49. The summed E-state index contributed by atoms with van der Waals surface area (Å²) in [5.74, 6) is -0.592. The van der Waals surface area contributed by atoms with E-state index in [2.05, 4.69) is 4.74 Å². The summed E-state index contributed by atoms with van der Waals surface area (Å²) in [6.07, 6.45) is 0. The van der Waals surface area contributed by atoms with Gasteiger partial charge in [-0.05, 0) is 37.1 Å². The Kier molecular flexibility index (Phi) is 4.48. The molecule has 1 rings (SSSR count). The van der Waals surface area contributed by atoms with E-state index in [9.17, 15) is 13.2 Å². The zero-order valence-electron chi connectivity index (χ0n) is 10.9. The van der Waals surface area contributed by atoms with Crippen LogP contribution >= 0.6 is 0 Å². The summed E-state index contributed by atoms with van der Waals surface area (Å²) in [6.45, 7) is 3.35. The van der Waals surface area contributed by atoms with Crippen molar-refractivity contribution in [3.8, 4) is 0 Å². The smallest absolute Gasteiger partial charge is 0.321 e. The zero-order valence-corrected chi connectivity index (χ0v) is 11.7. The van der Waals surface area contributed by atoms with Crippen LogP contribution in [0.1, 0.15) is 11.1 Å². The highest BCUT2D eigenvalue weighted by molar-refractivity contribution is 7.89. The third-order valence-electron chi connectivity index (χ3n) is 2.48. The molecule has 0 amide bonds. The molecular formula is C12H17NO4S. The molecule has 0 saturated carbocycles. The highest BCUT2D eigenvalue weighted by Gasteiger charge is 2.23. The number of nitrogens with zero attached hydrogens (tertiary/aromatic N) is 1. The summed E-state index contributed by atoms with van der Waals surface area (Å²) >= 11 is 0. The van der Waals surface area contributed by atoms with Crippen LogP contribution in [-0.2, 0) is 19.6 Å². The molecule has 0 radical (unpaired) electrons. The number of esters is 1. The van der Waals surface area contributed by atoms with Crippen molar-refractivity contribution in [1.82, 2.24) is 4.31 Å². The van der Waals surface area contributed by atoms with E-state index < -0.39 is 16.0 Å². The molecule has 0 spiro atoms. The minimum Gasteiger partial charge on any atom is -0.468 e. The van der Waals surface area contributed by atoms with Crippen molar-refractivity contribution < 1.29 is 17.9 Å². The van der Waals surface area contributed by atoms with Crippen LogP contribution in [0.25, 0.3) is 0 Å². The molecule has 0 N–H and O–H groups in total. The zero-order chi connectivity index (χ0) is 13.9. The molecule has 0 fully saturated rings. The Labute approximate surface area is 107 Å².